The van der Waals surface area contributed by atoms with Gasteiger partial charge in [-0.05, 0) is 40.1 Å². The molecule has 0 radical (unpaired) electrons. The van der Waals surface area contributed by atoms with Crippen LogP contribution < -0.4 is 5.56 Å². The minimum absolute atomic E-state index is 0.211. The number of nitrogens with zero attached hydrogens (tertiary/aromatic N) is 5. The Kier molecular flexibility index (Phi) is 4.03. The molecular weight excluding hydrogens is 408 g/mol. The van der Waals surface area contributed by atoms with Gasteiger partial charge in [-0.15, -0.1) is 10.2 Å². The Balaban J connectivity index is 1.56. The number of para-hydroxylation sites is 2. The van der Waals surface area contributed by atoms with E-state index in [1.165, 1.54) is 4.52 Å². The predicted octanol–water partition coefficient (Wildman–Crippen LogP) is 4.21. The molecule has 0 saturated carbocycles. The molecule has 150 valence electrons. The smallest absolute Gasteiger partial charge is 0.302 e. The highest BCUT2D eigenvalue weighted by atomic mass is 32.1. The lowest BCUT2D eigenvalue weighted by Crippen LogP contribution is -2.21. The van der Waals surface area contributed by atoms with Crippen LogP contribution in [0.3, 0.4) is 0 Å². The first-order chi connectivity index (χ1) is 15.3. The van der Waals surface area contributed by atoms with E-state index >= 15 is 0 Å². The van der Waals surface area contributed by atoms with Gasteiger partial charge in [0.25, 0.3) is 0 Å². The summed E-state index contributed by atoms with van der Waals surface area (Å²) >= 11 is 1.59. The third-order valence-corrected chi connectivity index (χ3v) is 6.01. The van der Waals surface area contributed by atoms with Gasteiger partial charge in [-0.3, -0.25) is 9.89 Å². The number of hydrogen-bond donors (Lipinski definition) is 1. The van der Waals surface area contributed by atoms with Crippen LogP contribution in [0.5, 0.6) is 0 Å². The number of H-pyrrole nitrogens is 1. The summed E-state index contributed by atoms with van der Waals surface area (Å²) in [4.78, 5) is 18.1. The average Bonchev–Trinajstić information content (AvgIpc) is 3.54. The molecule has 0 aliphatic heterocycles. The Bertz CT molecular complexity index is 1580. The van der Waals surface area contributed by atoms with Crippen LogP contribution in [0.15, 0.2) is 82.4 Å². The van der Waals surface area contributed by atoms with E-state index in [-0.39, 0.29) is 11.3 Å². The summed E-state index contributed by atoms with van der Waals surface area (Å²) in [5, 5.41) is 15.8. The number of aromatic amines is 1. The maximum Gasteiger partial charge on any atom is 0.302 e. The predicted molar refractivity (Wildman–Crippen MR) is 121 cm³/mol. The summed E-state index contributed by atoms with van der Waals surface area (Å²) in [5.41, 5.74) is 5.14. The summed E-state index contributed by atoms with van der Waals surface area (Å²) in [6.45, 7) is 0.575. The molecule has 0 aliphatic rings. The van der Waals surface area contributed by atoms with Crippen molar-refractivity contribution in [2.24, 2.45) is 0 Å². The molecule has 4 heterocycles. The third kappa shape index (κ3) is 2.88. The molecule has 8 heteroatoms. The van der Waals surface area contributed by atoms with E-state index in [9.17, 15) is 4.79 Å². The summed E-state index contributed by atoms with van der Waals surface area (Å²) in [6, 6.07) is 19.9. The number of aromatic nitrogens is 6. The quantitative estimate of drug-likeness (QED) is 0.460. The molecule has 4 aromatic heterocycles. The lowest BCUT2D eigenvalue weighted by Gasteiger charge is -2.09. The highest BCUT2D eigenvalue weighted by Gasteiger charge is 2.20. The van der Waals surface area contributed by atoms with Gasteiger partial charge in [0.15, 0.2) is 17.2 Å². The van der Waals surface area contributed by atoms with Crippen molar-refractivity contribution in [1.29, 1.82) is 0 Å². The fraction of sp³-hybridized carbons (Fsp3) is 0.0435. The molecule has 6 rings (SSSR count). The van der Waals surface area contributed by atoms with Crippen LogP contribution in [0, 0.1) is 0 Å². The Labute approximate surface area is 180 Å². The first kappa shape index (κ1) is 17.8. The fourth-order valence-corrected chi connectivity index (χ4v) is 4.48. The van der Waals surface area contributed by atoms with Gasteiger partial charge in [-0.2, -0.15) is 15.9 Å². The van der Waals surface area contributed by atoms with E-state index in [0.29, 0.717) is 18.0 Å². The van der Waals surface area contributed by atoms with E-state index in [4.69, 9.17) is 4.98 Å². The Morgan fingerprint density at radius 3 is 2.65 bits per heavy atom. The lowest BCUT2D eigenvalue weighted by molar-refractivity contribution is 0.805. The highest BCUT2D eigenvalue weighted by molar-refractivity contribution is 7.08. The van der Waals surface area contributed by atoms with Crippen molar-refractivity contribution in [3.8, 4) is 22.6 Å². The van der Waals surface area contributed by atoms with Crippen LogP contribution in [0.2, 0.25) is 0 Å². The monoisotopic (exact) mass is 424 g/mol. The number of nitrogens with one attached hydrogen (secondary N) is 1. The minimum Gasteiger partial charge on any atom is -0.318 e. The molecule has 0 saturated heterocycles. The largest absolute Gasteiger partial charge is 0.318 e. The second kappa shape index (κ2) is 7.03. The number of fused-ring (bicyclic) bond motifs is 2. The van der Waals surface area contributed by atoms with Crippen LogP contribution in [-0.4, -0.2) is 29.4 Å². The second-order valence-corrected chi connectivity index (χ2v) is 7.99. The van der Waals surface area contributed by atoms with Gasteiger partial charge >= 0.3 is 5.56 Å². The van der Waals surface area contributed by atoms with Crippen molar-refractivity contribution in [3.05, 3.63) is 93.5 Å². The fourth-order valence-electron chi connectivity index (χ4n) is 3.83. The summed E-state index contributed by atoms with van der Waals surface area (Å²) in [5.74, 6) is 0.503. The van der Waals surface area contributed by atoms with Crippen molar-refractivity contribution in [1.82, 2.24) is 29.4 Å². The van der Waals surface area contributed by atoms with Gasteiger partial charge in [0.1, 0.15) is 0 Å². The maximum atomic E-state index is 13.4. The molecular formula is C23H16N6OS. The molecule has 6 aromatic rings. The molecule has 2 aromatic carbocycles. The van der Waals surface area contributed by atoms with Gasteiger partial charge < -0.3 is 4.57 Å². The second-order valence-electron chi connectivity index (χ2n) is 7.21. The summed E-state index contributed by atoms with van der Waals surface area (Å²) < 4.78 is 3.45. The molecule has 0 spiro atoms. The van der Waals surface area contributed by atoms with Gasteiger partial charge in [-0.1, -0.05) is 42.5 Å². The molecule has 31 heavy (non-hydrogen) atoms. The van der Waals surface area contributed by atoms with Crippen molar-refractivity contribution in [3.63, 3.8) is 0 Å². The Hall–Kier alpha value is -4.04. The molecule has 0 bridgehead atoms. The number of rotatable bonds is 4. The van der Waals surface area contributed by atoms with Crippen LogP contribution >= 0.6 is 11.3 Å². The lowest BCUT2D eigenvalue weighted by atomic mass is 10.2. The van der Waals surface area contributed by atoms with Gasteiger partial charge in [0.2, 0.25) is 0 Å². The zero-order valence-electron chi connectivity index (χ0n) is 16.3. The normalized spacial score (nSPS) is 11.5. The first-order valence-corrected chi connectivity index (χ1v) is 10.7. The first-order valence-electron chi connectivity index (χ1n) is 9.78. The third-order valence-electron chi connectivity index (χ3n) is 5.32. The molecule has 0 unspecified atom stereocenters. The van der Waals surface area contributed by atoms with Gasteiger partial charge in [0.05, 0.1) is 11.0 Å². The number of hydrogen-bond acceptors (Lipinski definition) is 5. The van der Waals surface area contributed by atoms with E-state index in [2.05, 4.69) is 27.4 Å². The summed E-state index contributed by atoms with van der Waals surface area (Å²) in [7, 11) is 0. The zero-order valence-corrected chi connectivity index (χ0v) is 17.1. The Morgan fingerprint density at radius 2 is 1.81 bits per heavy atom. The molecule has 7 nitrogen and oxygen atoms in total. The molecule has 0 fully saturated rings. The Morgan fingerprint density at radius 1 is 0.968 bits per heavy atom. The van der Waals surface area contributed by atoms with Crippen LogP contribution in [0.1, 0.15) is 5.56 Å². The van der Waals surface area contributed by atoms with Crippen LogP contribution in [-0.2, 0) is 6.54 Å². The molecule has 0 aliphatic carbocycles. The minimum atomic E-state index is -0.281. The number of benzene rings is 2. The van der Waals surface area contributed by atoms with Crippen molar-refractivity contribution in [2.75, 3.05) is 0 Å². The topological polar surface area (TPSA) is 80.9 Å². The SMILES string of the molecule is O=c1c(-c2nc3ccccc3n2Cc2ccccc2)nnc2c(-c3ccsc3)c[nH]n12. The van der Waals surface area contributed by atoms with Gasteiger partial charge in [-0.25, -0.2) is 4.98 Å². The van der Waals surface area contributed by atoms with Gasteiger partial charge in [0, 0.05) is 18.3 Å². The van der Waals surface area contributed by atoms with E-state index in [1.807, 2.05) is 63.9 Å². The van der Waals surface area contributed by atoms with Crippen LogP contribution in [0.4, 0.5) is 0 Å². The number of thiophene rings is 1. The van der Waals surface area contributed by atoms with Crippen LogP contribution in [0.25, 0.3) is 39.3 Å². The van der Waals surface area contributed by atoms with Crippen molar-refractivity contribution < 1.29 is 0 Å². The maximum absolute atomic E-state index is 13.4. The molecule has 1 N–H and O–H groups in total. The summed E-state index contributed by atoms with van der Waals surface area (Å²) in [6.07, 6.45) is 1.78. The standard InChI is InChI=1S/C23H16N6OS/c30-23-20(26-27-21-17(12-24-29(21)23)16-10-11-31-14-16)22-25-18-8-4-5-9-19(18)28(22)13-15-6-2-1-3-7-15/h1-12,14,24H,13H2. The zero-order chi connectivity index (χ0) is 20.8. The number of imidazole rings is 1. The average molecular weight is 424 g/mol. The molecule has 0 atom stereocenters. The van der Waals surface area contributed by atoms with Crippen molar-refractivity contribution in [2.45, 2.75) is 6.54 Å². The van der Waals surface area contributed by atoms with E-state index < -0.39 is 0 Å². The highest BCUT2D eigenvalue weighted by Crippen LogP contribution is 2.26. The van der Waals surface area contributed by atoms with E-state index in [1.54, 1.807) is 17.5 Å². The van der Waals surface area contributed by atoms with E-state index in [0.717, 1.165) is 27.7 Å². The molecule has 0 amide bonds. The van der Waals surface area contributed by atoms with Crippen molar-refractivity contribution >= 4 is 28.0 Å².